The molecule has 0 saturated carbocycles. The van der Waals surface area contributed by atoms with Crippen LogP contribution in [0, 0.1) is 6.92 Å². The third-order valence-electron chi connectivity index (χ3n) is 3.60. The maximum Gasteiger partial charge on any atom is 0.255 e. The van der Waals surface area contributed by atoms with Crippen LogP contribution in [0.3, 0.4) is 0 Å². The van der Waals surface area contributed by atoms with Gasteiger partial charge in [-0.15, -0.1) is 12.4 Å². The summed E-state index contributed by atoms with van der Waals surface area (Å²) in [4.78, 5) is 24.4. The van der Waals surface area contributed by atoms with Crippen molar-refractivity contribution in [3.8, 4) is 0 Å². The molecule has 0 heterocycles. The van der Waals surface area contributed by atoms with Gasteiger partial charge in [0.15, 0.2) is 0 Å². The van der Waals surface area contributed by atoms with Crippen LogP contribution in [0.25, 0.3) is 0 Å². The number of amides is 2. The lowest BCUT2D eigenvalue weighted by atomic mass is 10.1. The highest BCUT2D eigenvalue weighted by Crippen LogP contribution is 2.16. The number of nitrogens with one attached hydrogen (secondary N) is 2. The first-order chi connectivity index (χ1) is 11.4. The van der Waals surface area contributed by atoms with E-state index in [-0.39, 0.29) is 30.3 Å². The lowest BCUT2D eigenvalue weighted by molar-refractivity contribution is 0.0942. The zero-order valence-corrected chi connectivity index (χ0v) is 15.4. The van der Waals surface area contributed by atoms with Gasteiger partial charge in [-0.25, -0.2) is 0 Å². The van der Waals surface area contributed by atoms with Crippen LogP contribution in [0.15, 0.2) is 42.5 Å². The number of rotatable bonds is 5. The summed E-state index contributed by atoms with van der Waals surface area (Å²) < 4.78 is 0. The van der Waals surface area contributed by atoms with E-state index in [4.69, 9.17) is 5.73 Å². The predicted octanol–water partition coefficient (Wildman–Crippen LogP) is 3.27. The number of anilines is 1. The number of carbonyl (C=O) groups excluding carboxylic acids is 2. The van der Waals surface area contributed by atoms with Crippen LogP contribution in [-0.4, -0.2) is 17.9 Å². The maximum atomic E-state index is 12.3. The van der Waals surface area contributed by atoms with E-state index >= 15 is 0 Å². The molecule has 0 aliphatic carbocycles. The molecule has 0 atom stereocenters. The highest BCUT2D eigenvalue weighted by atomic mass is 35.5. The molecule has 6 heteroatoms. The Morgan fingerprint density at radius 2 is 1.68 bits per heavy atom. The summed E-state index contributed by atoms with van der Waals surface area (Å²) >= 11 is 0. The molecule has 2 rings (SSSR count). The first-order valence-corrected chi connectivity index (χ1v) is 7.92. The molecule has 0 radical (unpaired) electrons. The summed E-state index contributed by atoms with van der Waals surface area (Å²) in [5.41, 5.74) is 9.16. The Morgan fingerprint density at radius 1 is 1.04 bits per heavy atom. The van der Waals surface area contributed by atoms with Crippen LogP contribution in [0.4, 0.5) is 5.69 Å². The monoisotopic (exact) mass is 361 g/mol. The van der Waals surface area contributed by atoms with Gasteiger partial charge in [0.1, 0.15) is 0 Å². The fourth-order valence-corrected chi connectivity index (χ4v) is 2.33. The van der Waals surface area contributed by atoms with Gasteiger partial charge in [0.2, 0.25) is 0 Å². The van der Waals surface area contributed by atoms with Gasteiger partial charge < -0.3 is 16.4 Å². The van der Waals surface area contributed by atoms with Crippen LogP contribution < -0.4 is 16.4 Å². The minimum absolute atomic E-state index is 0. The molecule has 0 spiro atoms. The first kappa shape index (κ1) is 20.7. The maximum absolute atomic E-state index is 12.3. The number of hydrogen-bond donors (Lipinski definition) is 3. The van der Waals surface area contributed by atoms with E-state index in [0.29, 0.717) is 23.4 Å². The first-order valence-electron chi connectivity index (χ1n) is 7.92. The summed E-state index contributed by atoms with van der Waals surface area (Å²) in [6, 6.07) is 12.5. The van der Waals surface area contributed by atoms with Crippen LogP contribution in [0.1, 0.15) is 45.7 Å². The summed E-state index contributed by atoms with van der Waals surface area (Å²) in [6.07, 6.45) is 0. The zero-order valence-electron chi connectivity index (χ0n) is 14.6. The quantitative estimate of drug-likeness (QED) is 0.764. The molecule has 2 aromatic carbocycles. The van der Waals surface area contributed by atoms with E-state index in [9.17, 15) is 9.59 Å². The van der Waals surface area contributed by atoms with Crippen LogP contribution in [0.5, 0.6) is 0 Å². The fourth-order valence-electron chi connectivity index (χ4n) is 2.33. The molecule has 0 saturated heterocycles. The summed E-state index contributed by atoms with van der Waals surface area (Å²) in [5, 5.41) is 5.70. The number of aryl methyl sites for hydroxylation is 1. The van der Waals surface area contributed by atoms with E-state index in [2.05, 4.69) is 10.6 Å². The van der Waals surface area contributed by atoms with E-state index in [1.807, 2.05) is 32.9 Å². The number of hydrogen-bond acceptors (Lipinski definition) is 3. The third-order valence-corrected chi connectivity index (χ3v) is 3.60. The highest BCUT2D eigenvalue weighted by molar-refractivity contribution is 6.04. The lowest BCUT2D eigenvalue weighted by Crippen LogP contribution is -2.30. The second-order valence-electron chi connectivity index (χ2n) is 6.01. The fraction of sp³-hybridized carbons (Fsp3) is 0.263. The molecule has 2 amide bonds. The largest absolute Gasteiger partial charge is 0.350 e. The zero-order chi connectivity index (χ0) is 17.7. The molecule has 5 nitrogen and oxygen atoms in total. The van der Waals surface area contributed by atoms with Crippen LogP contribution in [-0.2, 0) is 6.54 Å². The summed E-state index contributed by atoms with van der Waals surface area (Å²) in [6.45, 7) is 6.12. The molecule has 0 aliphatic heterocycles. The third kappa shape index (κ3) is 5.59. The molecule has 134 valence electrons. The minimum atomic E-state index is -0.197. The lowest BCUT2D eigenvalue weighted by Gasteiger charge is -2.12. The van der Waals surface area contributed by atoms with Crippen molar-refractivity contribution in [3.05, 3.63) is 64.7 Å². The molecule has 0 unspecified atom stereocenters. The Balaban J connectivity index is 0.00000312. The SMILES string of the molecule is Cc1cc(NC(=O)c2ccc(CN)cc2)ccc1C(=O)NC(C)C.Cl. The highest BCUT2D eigenvalue weighted by Gasteiger charge is 2.12. The summed E-state index contributed by atoms with van der Waals surface area (Å²) in [5.74, 6) is -0.310. The molecule has 0 bridgehead atoms. The van der Waals surface area contributed by atoms with Gasteiger partial charge >= 0.3 is 0 Å². The Bertz CT molecular complexity index is 743. The van der Waals surface area contributed by atoms with Gasteiger partial charge in [-0.3, -0.25) is 9.59 Å². The van der Waals surface area contributed by atoms with E-state index in [0.717, 1.165) is 11.1 Å². The molecule has 0 aromatic heterocycles. The summed E-state index contributed by atoms with van der Waals surface area (Å²) in [7, 11) is 0. The van der Waals surface area contributed by atoms with Crippen molar-refractivity contribution in [2.45, 2.75) is 33.4 Å². The molecule has 2 aromatic rings. The van der Waals surface area contributed by atoms with Gasteiger partial charge in [-0.2, -0.15) is 0 Å². The number of halogens is 1. The standard InChI is InChI=1S/C19H23N3O2.ClH/c1-12(2)21-19(24)17-9-8-16(10-13(17)3)22-18(23)15-6-4-14(11-20)5-7-15;/h4-10,12H,11,20H2,1-3H3,(H,21,24)(H,22,23);1H. The average Bonchev–Trinajstić information content (AvgIpc) is 2.54. The van der Waals surface area contributed by atoms with Gasteiger partial charge in [0, 0.05) is 29.4 Å². The van der Waals surface area contributed by atoms with E-state index in [1.165, 1.54) is 0 Å². The number of benzene rings is 2. The Labute approximate surface area is 154 Å². The smallest absolute Gasteiger partial charge is 0.255 e. The van der Waals surface area contributed by atoms with Crippen LogP contribution >= 0.6 is 12.4 Å². The normalized spacial score (nSPS) is 10.1. The van der Waals surface area contributed by atoms with Gasteiger partial charge in [-0.05, 0) is 62.2 Å². The van der Waals surface area contributed by atoms with Crippen molar-refractivity contribution in [1.29, 1.82) is 0 Å². The second-order valence-corrected chi connectivity index (χ2v) is 6.01. The van der Waals surface area contributed by atoms with Crippen molar-refractivity contribution in [2.24, 2.45) is 5.73 Å². The van der Waals surface area contributed by atoms with Crippen molar-refractivity contribution < 1.29 is 9.59 Å². The number of nitrogens with two attached hydrogens (primary N) is 1. The van der Waals surface area contributed by atoms with Gasteiger partial charge in [0.05, 0.1) is 0 Å². The average molecular weight is 362 g/mol. The topological polar surface area (TPSA) is 84.2 Å². The van der Waals surface area contributed by atoms with Crippen molar-refractivity contribution in [2.75, 3.05) is 5.32 Å². The van der Waals surface area contributed by atoms with Crippen molar-refractivity contribution >= 4 is 29.9 Å². The van der Waals surface area contributed by atoms with Crippen molar-refractivity contribution in [3.63, 3.8) is 0 Å². The predicted molar refractivity (Wildman–Crippen MR) is 103 cm³/mol. The van der Waals surface area contributed by atoms with E-state index < -0.39 is 0 Å². The van der Waals surface area contributed by atoms with Gasteiger partial charge in [0.25, 0.3) is 11.8 Å². The van der Waals surface area contributed by atoms with E-state index in [1.54, 1.807) is 30.3 Å². The second kappa shape index (κ2) is 9.20. The molecular weight excluding hydrogens is 338 g/mol. The Morgan fingerprint density at radius 3 is 2.20 bits per heavy atom. The number of carbonyl (C=O) groups is 2. The molecule has 0 fully saturated rings. The molecule has 4 N–H and O–H groups in total. The van der Waals surface area contributed by atoms with Crippen molar-refractivity contribution in [1.82, 2.24) is 5.32 Å². The molecule has 0 aliphatic rings. The van der Waals surface area contributed by atoms with Gasteiger partial charge in [-0.1, -0.05) is 12.1 Å². The minimum Gasteiger partial charge on any atom is -0.350 e. The van der Waals surface area contributed by atoms with Crippen LogP contribution in [0.2, 0.25) is 0 Å². The molecule has 25 heavy (non-hydrogen) atoms. The molecular formula is C19H24ClN3O2. The Hall–Kier alpha value is -2.37. The Kier molecular flexibility index (Phi) is 7.61.